The van der Waals surface area contributed by atoms with Crippen molar-refractivity contribution in [2.24, 2.45) is 16.8 Å². The summed E-state index contributed by atoms with van der Waals surface area (Å²) in [6, 6.07) is 6.41. The van der Waals surface area contributed by atoms with Gasteiger partial charge in [-0.05, 0) is 49.4 Å². The standard InChI is InChI=1S/C21H24N2O3/c1-4-12-11-23-8-7-21-15-9-13(25-2)5-6-16(15)22-19(21)17(23)10-14(12)18(21)20(24)26-3/h4-6,9,14,17-18H,7-8,10-11H2,1-3H3/b12-4-. The number of ether oxygens (including phenoxy) is 2. The molecule has 0 spiro atoms. The number of piperidine rings is 2. The molecule has 4 unspecified atom stereocenters. The number of hydrogen-bond acceptors (Lipinski definition) is 5. The zero-order valence-corrected chi connectivity index (χ0v) is 15.5. The summed E-state index contributed by atoms with van der Waals surface area (Å²) in [7, 11) is 3.20. The Balaban J connectivity index is 1.77. The second kappa shape index (κ2) is 5.43. The van der Waals surface area contributed by atoms with Crippen LogP contribution in [0.5, 0.6) is 5.75 Å². The molecule has 5 nitrogen and oxygen atoms in total. The number of carbonyl (C=O) groups excluding carboxylic acids is 1. The van der Waals surface area contributed by atoms with Crippen molar-refractivity contribution >= 4 is 17.4 Å². The van der Waals surface area contributed by atoms with Crippen LogP contribution in [0.3, 0.4) is 0 Å². The number of hydrogen-bond donors (Lipinski definition) is 0. The van der Waals surface area contributed by atoms with E-state index in [1.165, 1.54) is 18.4 Å². The molecule has 4 atom stereocenters. The van der Waals surface area contributed by atoms with Crippen LogP contribution >= 0.6 is 0 Å². The zero-order chi connectivity index (χ0) is 18.1. The van der Waals surface area contributed by atoms with E-state index in [1.807, 2.05) is 12.1 Å². The van der Waals surface area contributed by atoms with Gasteiger partial charge in [-0.25, -0.2) is 0 Å². The van der Waals surface area contributed by atoms with Crippen molar-refractivity contribution in [3.8, 4) is 5.75 Å². The van der Waals surface area contributed by atoms with Crippen molar-refractivity contribution in [1.82, 2.24) is 4.90 Å². The molecular formula is C21H24N2O3. The summed E-state index contributed by atoms with van der Waals surface area (Å²) in [4.78, 5) is 20.7. The van der Waals surface area contributed by atoms with Crippen molar-refractivity contribution in [3.63, 3.8) is 0 Å². The first-order valence-corrected chi connectivity index (χ1v) is 9.38. The Morgan fingerprint density at radius 3 is 2.96 bits per heavy atom. The first-order chi connectivity index (χ1) is 12.6. The quantitative estimate of drug-likeness (QED) is 0.607. The number of aliphatic imine (C=N–C) groups is 1. The smallest absolute Gasteiger partial charge is 0.310 e. The molecule has 5 heteroatoms. The van der Waals surface area contributed by atoms with E-state index in [2.05, 4.69) is 24.0 Å². The van der Waals surface area contributed by atoms with E-state index in [0.29, 0.717) is 6.04 Å². The van der Waals surface area contributed by atoms with Gasteiger partial charge < -0.3 is 9.47 Å². The fourth-order valence-corrected chi connectivity index (χ4v) is 5.92. The third-order valence-electron chi connectivity index (χ3n) is 7.03. The van der Waals surface area contributed by atoms with Gasteiger partial charge in [0.15, 0.2) is 0 Å². The number of carbonyl (C=O) groups is 1. The van der Waals surface area contributed by atoms with Gasteiger partial charge in [0.25, 0.3) is 0 Å². The minimum absolute atomic E-state index is 0.105. The molecule has 4 aliphatic rings. The van der Waals surface area contributed by atoms with Gasteiger partial charge in [0.05, 0.1) is 31.2 Å². The molecule has 3 heterocycles. The summed E-state index contributed by atoms with van der Waals surface area (Å²) in [5, 5.41) is 0. The topological polar surface area (TPSA) is 51.1 Å². The van der Waals surface area contributed by atoms with Gasteiger partial charge in [-0.2, -0.15) is 0 Å². The van der Waals surface area contributed by atoms with E-state index < -0.39 is 0 Å². The number of nitrogens with zero attached hydrogens (tertiary/aromatic N) is 2. The lowest BCUT2D eigenvalue weighted by Crippen LogP contribution is -2.68. The van der Waals surface area contributed by atoms with Gasteiger partial charge in [0.2, 0.25) is 0 Å². The summed E-state index contributed by atoms with van der Waals surface area (Å²) in [5.74, 6) is 0.740. The van der Waals surface area contributed by atoms with Crippen molar-refractivity contribution in [3.05, 3.63) is 35.4 Å². The molecule has 1 aliphatic carbocycles. The molecule has 26 heavy (non-hydrogen) atoms. The molecule has 2 saturated heterocycles. The average Bonchev–Trinajstić information content (AvgIpc) is 3.02. The lowest BCUT2D eigenvalue weighted by Gasteiger charge is -2.59. The largest absolute Gasteiger partial charge is 0.497 e. The van der Waals surface area contributed by atoms with Gasteiger partial charge >= 0.3 is 5.97 Å². The number of allylic oxidation sites excluding steroid dienone is 1. The minimum Gasteiger partial charge on any atom is -0.497 e. The summed E-state index contributed by atoms with van der Waals surface area (Å²) < 4.78 is 10.8. The second-order valence-corrected chi connectivity index (χ2v) is 7.79. The average molecular weight is 352 g/mol. The number of rotatable bonds is 2. The molecule has 1 aromatic rings. The van der Waals surface area contributed by atoms with Crippen LogP contribution in [-0.4, -0.2) is 49.9 Å². The highest BCUT2D eigenvalue weighted by molar-refractivity contribution is 6.09. The van der Waals surface area contributed by atoms with Gasteiger partial charge in [0, 0.05) is 24.8 Å². The molecule has 5 rings (SSSR count). The Morgan fingerprint density at radius 1 is 1.38 bits per heavy atom. The minimum atomic E-state index is -0.351. The van der Waals surface area contributed by atoms with E-state index in [1.54, 1.807) is 7.11 Å². The Hall–Kier alpha value is -2.14. The lowest BCUT2D eigenvalue weighted by atomic mass is 9.51. The Morgan fingerprint density at radius 2 is 2.23 bits per heavy atom. The molecule has 3 aliphatic heterocycles. The highest BCUT2D eigenvalue weighted by Crippen LogP contribution is 2.60. The first kappa shape index (κ1) is 16.1. The summed E-state index contributed by atoms with van der Waals surface area (Å²) in [6.07, 6.45) is 4.08. The fraction of sp³-hybridized carbons (Fsp3) is 0.524. The fourth-order valence-electron chi connectivity index (χ4n) is 5.92. The van der Waals surface area contributed by atoms with Crippen molar-refractivity contribution < 1.29 is 14.3 Å². The van der Waals surface area contributed by atoms with E-state index in [9.17, 15) is 4.79 Å². The van der Waals surface area contributed by atoms with Crippen molar-refractivity contribution in [2.75, 3.05) is 27.3 Å². The molecular weight excluding hydrogens is 328 g/mol. The van der Waals surface area contributed by atoms with E-state index in [0.717, 1.165) is 42.9 Å². The van der Waals surface area contributed by atoms with E-state index >= 15 is 0 Å². The van der Waals surface area contributed by atoms with Crippen LogP contribution in [0, 0.1) is 11.8 Å². The van der Waals surface area contributed by atoms with Crippen LogP contribution in [0.4, 0.5) is 5.69 Å². The number of esters is 1. The SMILES string of the molecule is C/C=C1/CN2CCC34C(=Nc5ccc(OC)cc53)C2CC1C4C(=O)OC. The monoisotopic (exact) mass is 352 g/mol. The van der Waals surface area contributed by atoms with E-state index in [4.69, 9.17) is 14.5 Å². The molecule has 3 fully saturated rings. The number of methoxy groups -OCH3 is 2. The van der Waals surface area contributed by atoms with Gasteiger partial charge in [-0.1, -0.05) is 11.6 Å². The van der Waals surface area contributed by atoms with Crippen molar-refractivity contribution in [1.29, 1.82) is 0 Å². The van der Waals surface area contributed by atoms with Crippen LogP contribution in [0.25, 0.3) is 0 Å². The summed E-state index contributed by atoms with van der Waals surface area (Å²) in [6.45, 7) is 4.01. The second-order valence-electron chi connectivity index (χ2n) is 7.79. The Labute approximate surface area is 153 Å². The molecule has 0 N–H and O–H groups in total. The predicted octanol–water partition coefficient (Wildman–Crippen LogP) is 2.86. The normalized spacial score (nSPS) is 35.7. The molecule has 0 amide bonds. The highest BCUT2D eigenvalue weighted by Gasteiger charge is 2.65. The molecule has 136 valence electrons. The van der Waals surface area contributed by atoms with Gasteiger partial charge in [-0.3, -0.25) is 14.7 Å². The molecule has 0 radical (unpaired) electrons. The maximum absolute atomic E-state index is 13.1. The number of fused-ring (bicyclic) bond motifs is 2. The van der Waals surface area contributed by atoms with Gasteiger partial charge in [0.1, 0.15) is 5.75 Å². The van der Waals surface area contributed by atoms with Crippen LogP contribution in [0.15, 0.2) is 34.8 Å². The maximum Gasteiger partial charge on any atom is 0.310 e. The lowest BCUT2D eigenvalue weighted by molar-refractivity contribution is -0.151. The third-order valence-corrected chi connectivity index (χ3v) is 7.03. The van der Waals surface area contributed by atoms with E-state index in [-0.39, 0.29) is 23.2 Å². The Bertz CT molecular complexity index is 859. The summed E-state index contributed by atoms with van der Waals surface area (Å²) in [5.41, 5.74) is 4.33. The van der Waals surface area contributed by atoms with Crippen LogP contribution in [-0.2, 0) is 14.9 Å². The Kier molecular flexibility index (Phi) is 3.35. The molecule has 3 bridgehead atoms. The number of benzene rings is 1. The maximum atomic E-state index is 13.1. The van der Waals surface area contributed by atoms with Gasteiger partial charge in [-0.15, -0.1) is 0 Å². The molecule has 1 aromatic carbocycles. The summed E-state index contributed by atoms with van der Waals surface area (Å²) >= 11 is 0. The first-order valence-electron chi connectivity index (χ1n) is 9.38. The van der Waals surface area contributed by atoms with Crippen LogP contribution in [0.1, 0.15) is 25.3 Å². The highest BCUT2D eigenvalue weighted by atomic mass is 16.5. The molecule has 0 aromatic heterocycles. The predicted molar refractivity (Wildman–Crippen MR) is 99.1 cm³/mol. The molecule has 1 saturated carbocycles. The van der Waals surface area contributed by atoms with Crippen molar-refractivity contribution in [2.45, 2.75) is 31.2 Å². The third kappa shape index (κ3) is 1.79. The zero-order valence-electron chi connectivity index (χ0n) is 15.5. The van der Waals surface area contributed by atoms with Crippen LogP contribution in [0.2, 0.25) is 0 Å². The van der Waals surface area contributed by atoms with Crippen LogP contribution < -0.4 is 4.74 Å².